The molecule has 5 nitrogen and oxygen atoms in total. The molecule has 0 aromatic carbocycles. The Labute approximate surface area is 164 Å². The second-order valence-electron chi connectivity index (χ2n) is 7.11. The Morgan fingerprint density at radius 3 is 2.93 bits per heavy atom. The van der Waals surface area contributed by atoms with E-state index in [-0.39, 0.29) is 0 Å². The normalized spacial score (nSPS) is 19.8. The number of hydrogen-bond donors (Lipinski definition) is 1. The van der Waals surface area contributed by atoms with Crippen LogP contribution in [0.4, 0.5) is 5.13 Å². The number of carbonyl (C=O) groups excluding carboxylic acids is 2. The summed E-state index contributed by atoms with van der Waals surface area (Å²) in [6, 6.07) is 0.578. The number of nitrogen functional groups attached to an aromatic ring is 1. The Kier molecular flexibility index (Phi) is 6.74. The van der Waals surface area contributed by atoms with Gasteiger partial charge in [0.25, 0.3) is 0 Å². The van der Waals surface area contributed by atoms with Gasteiger partial charge in [-0.2, -0.15) is 0 Å². The number of allylic oxidation sites excluding steroid dienone is 6. The number of aryl methyl sites for hydroxylation is 1. The van der Waals surface area contributed by atoms with Gasteiger partial charge in [0.05, 0.1) is 5.69 Å². The molecule has 2 aliphatic rings. The fourth-order valence-electron chi connectivity index (χ4n) is 3.71. The molecular formula is C21H27N3O2S. The first-order valence-corrected chi connectivity index (χ1v) is 10.5. The molecule has 27 heavy (non-hydrogen) atoms. The van der Waals surface area contributed by atoms with Gasteiger partial charge >= 0.3 is 0 Å². The summed E-state index contributed by atoms with van der Waals surface area (Å²) < 4.78 is 0. The van der Waals surface area contributed by atoms with Crippen molar-refractivity contribution in [3.8, 4) is 0 Å². The van der Waals surface area contributed by atoms with E-state index in [1.165, 1.54) is 22.7 Å². The van der Waals surface area contributed by atoms with E-state index >= 15 is 0 Å². The molecule has 1 aromatic rings. The van der Waals surface area contributed by atoms with E-state index in [9.17, 15) is 9.59 Å². The lowest BCUT2D eigenvalue weighted by atomic mass is 9.95. The number of nitrogens with zero attached hydrogens (tertiary/aromatic N) is 2. The summed E-state index contributed by atoms with van der Waals surface area (Å²) in [5.74, 6) is -0.882. The van der Waals surface area contributed by atoms with Crippen molar-refractivity contribution < 1.29 is 9.59 Å². The molecule has 0 saturated heterocycles. The Morgan fingerprint density at radius 1 is 1.30 bits per heavy atom. The smallest absolute Gasteiger partial charge is 0.226 e. The lowest BCUT2D eigenvalue weighted by Gasteiger charge is -2.33. The number of aromatic nitrogens is 1. The van der Waals surface area contributed by atoms with Crippen LogP contribution in [0.1, 0.15) is 43.2 Å². The maximum atomic E-state index is 11.4. The second-order valence-corrected chi connectivity index (χ2v) is 8.22. The third kappa shape index (κ3) is 5.23. The van der Waals surface area contributed by atoms with Crippen LogP contribution in [0.3, 0.4) is 0 Å². The molecule has 3 rings (SSSR count). The van der Waals surface area contributed by atoms with E-state index < -0.39 is 11.6 Å². The van der Waals surface area contributed by atoms with Gasteiger partial charge in [0.1, 0.15) is 0 Å². The topological polar surface area (TPSA) is 76.3 Å². The molecule has 0 aliphatic heterocycles. The number of anilines is 1. The van der Waals surface area contributed by atoms with Gasteiger partial charge in [-0.05, 0) is 69.3 Å². The lowest BCUT2D eigenvalue weighted by Crippen LogP contribution is -2.40. The molecule has 1 aromatic heterocycles. The molecule has 0 saturated carbocycles. The SMILES string of the molecule is CCCN(CCCC=CC1=CC(=O)C(=O)C=C1)C1CCc2nc(N)sc2C1. The number of carbonyl (C=O) groups is 2. The first-order chi connectivity index (χ1) is 13.1. The zero-order valence-corrected chi connectivity index (χ0v) is 16.6. The van der Waals surface area contributed by atoms with Crippen molar-refractivity contribution in [3.05, 3.63) is 46.5 Å². The number of hydrogen-bond acceptors (Lipinski definition) is 6. The average molecular weight is 386 g/mol. The van der Waals surface area contributed by atoms with Crippen LogP contribution in [0, 0.1) is 0 Å². The molecule has 2 N–H and O–H groups in total. The number of unbranched alkanes of at least 4 members (excludes halogenated alkanes) is 1. The van der Waals surface area contributed by atoms with Crippen LogP contribution in [-0.4, -0.2) is 40.6 Å². The molecule has 0 fully saturated rings. The zero-order chi connectivity index (χ0) is 19.2. The van der Waals surface area contributed by atoms with E-state index in [1.807, 2.05) is 6.08 Å². The third-order valence-corrected chi connectivity index (χ3v) is 6.00. The highest BCUT2D eigenvalue weighted by Gasteiger charge is 2.26. The molecule has 1 unspecified atom stereocenters. The van der Waals surface area contributed by atoms with Crippen LogP contribution in [0.15, 0.2) is 36.0 Å². The maximum absolute atomic E-state index is 11.4. The zero-order valence-electron chi connectivity index (χ0n) is 15.8. The van der Waals surface area contributed by atoms with Crippen LogP contribution >= 0.6 is 11.3 Å². The highest BCUT2D eigenvalue weighted by molar-refractivity contribution is 7.15. The molecule has 0 amide bonds. The van der Waals surface area contributed by atoms with E-state index in [2.05, 4.69) is 22.9 Å². The van der Waals surface area contributed by atoms with Crippen LogP contribution in [0.25, 0.3) is 0 Å². The van der Waals surface area contributed by atoms with Crippen LogP contribution < -0.4 is 5.73 Å². The van der Waals surface area contributed by atoms with Gasteiger partial charge in [0.2, 0.25) is 11.6 Å². The first-order valence-electron chi connectivity index (χ1n) is 9.69. The van der Waals surface area contributed by atoms with Crippen molar-refractivity contribution in [2.75, 3.05) is 18.8 Å². The van der Waals surface area contributed by atoms with Crippen LogP contribution in [-0.2, 0) is 22.4 Å². The number of nitrogens with two attached hydrogens (primary N) is 1. The first kappa shape index (κ1) is 19.7. The van der Waals surface area contributed by atoms with Crippen molar-refractivity contribution in [2.24, 2.45) is 0 Å². The van der Waals surface area contributed by atoms with E-state index in [0.29, 0.717) is 11.2 Å². The highest BCUT2D eigenvalue weighted by atomic mass is 32.1. The van der Waals surface area contributed by atoms with Gasteiger partial charge in [-0.3, -0.25) is 9.59 Å². The number of fused-ring (bicyclic) bond motifs is 1. The van der Waals surface area contributed by atoms with Crippen LogP contribution in [0.5, 0.6) is 0 Å². The fourth-order valence-corrected chi connectivity index (χ4v) is 4.66. The summed E-state index contributed by atoms with van der Waals surface area (Å²) in [5.41, 5.74) is 7.87. The second kappa shape index (κ2) is 9.24. The average Bonchev–Trinajstić information content (AvgIpc) is 3.02. The summed E-state index contributed by atoms with van der Waals surface area (Å²) in [6.07, 6.45) is 14.9. The van der Waals surface area contributed by atoms with E-state index in [1.54, 1.807) is 17.4 Å². The van der Waals surface area contributed by atoms with Gasteiger partial charge in [-0.1, -0.05) is 25.2 Å². The van der Waals surface area contributed by atoms with Crippen molar-refractivity contribution in [2.45, 2.75) is 51.5 Å². The summed E-state index contributed by atoms with van der Waals surface area (Å²) in [6.45, 7) is 4.41. The molecule has 0 bridgehead atoms. The van der Waals surface area contributed by atoms with E-state index in [0.717, 1.165) is 57.2 Å². The van der Waals surface area contributed by atoms with Gasteiger partial charge in [-0.25, -0.2) is 4.98 Å². The Morgan fingerprint density at radius 2 is 2.15 bits per heavy atom. The van der Waals surface area contributed by atoms with Crippen LogP contribution in [0.2, 0.25) is 0 Å². The van der Waals surface area contributed by atoms with Crippen molar-refractivity contribution in [1.29, 1.82) is 0 Å². The van der Waals surface area contributed by atoms with Crippen molar-refractivity contribution in [1.82, 2.24) is 9.88 Å². The lowest BCUT2D eigenvalue weighted by molar-refractivity contribution is -0.131. The van der Waals surface area contributed by atoms with Gasteiger partial charge in [0.15, 0.2) is 5.13 Å². The summed E-state index contributed by atoms with van der Waals surface area (Å²) in [4.78, 5) is 31.0. The Hall–Kier alpha value is -2.05. The molecule has 1 atom stereocenters. The van der Waals surface area contributed by atoms with Gasteiger partial charge in [-0.15, -0.1) is 11.3 Å². The molecule has 0 radical (unpaired) electrons. The highest BCUT2D eigenvalue weighted by Crippen LogP contribution is 2.30. The summed E-state index contributed by atoms with van der Waals surface area (Å²) >= 11 is 1.64. The fraction of sp³-hybridized carbons (Fsp3) is 0.476. The molecule has 144 valence electrons. The predicted molar refractivity (Wildman–Crippen MR) is 110 cm³/mol. The Balaban J connectivity index is 1.48. The van der Waals surface area contributed by atoms with Gasteiger partial charge < -0.3 is 10.6 Å². The maximum Gasteiger partial charge on any atom is 0.226 e. The van der Waals surface area contributed by atoms with Crippen molar-refractivity contribution in [3.63, 3.8) is 0 Å². The largest absolute Gasteiger partial charge is 0.375 e. The molecule has 2 aliphatic carbocycles. The minimum Gasteiger partial charge on any atom is -0.375 e. The number of rotatable bonds is 8. The predicted octanol–water partition coefficient (Wildman–Crippen LogP) is 3.27. The van der Waals surface area contributed by atoms with E-state index in [4.69, 9.17) is 5.73 Å². The van der Waals surface area contributed by atoms with Gasteiger partial charge in [0, 0.05) is 10.9 Å². The minimum absolute atomic E-state index is 0.438. The standard InChI is InChI=1S/C21H27N3O2S/c1-2-11-24(16-8-9-17-20(14-16)27-21(22)23-17)12-5-3-4-6-15-7-10-18(25)19(26)13-15/h4,6-7,10,13,16H,2-3,5,8-9,11-12,14H2,1H3,(H2,22,23). The molecule has 6 heteroatoms. The summed E-state index contributed by atoms with van der Waals surface area (Å²) in [7, 11) is 0. The number of thiazole rings is 1. The summed E-state index contributed by atoms with van der Waals surface area (Å²) in [5, 5.41) is 0.694. The molecule has 0 spiro atoms. The molecular weight excluding hydrogens is 358 g/mol. The number of ketones is 2. The van der Waals surface area contributed by atoms with Crippen molar-refractivity contribution >= 4 is 28.0 Å². The molecule has 1 heterocycles. The Bertz CT molecular complexity index is 791. The minimum atomic E-state index is -0.444. The monoisotopic (exact) mass is 385 g/mol. The quantitative estimate of drug-likeness (QED) is 0.422. The third-order valence-electron chi connectivity index (χ3n) is 5.05.